The lowest BCUT2D eigenvalue weighted by atomic mass is 9.93. The first-order valence-corrected chi connectivity index (χ1v) is 11.7. The summed E-state index contributed by atoms with van der Waals surface area (Å²) < 4.78 is 3.23. The van der Waals surface area contributed by atoms with E-state index in [0.29, 0.717) is 12.1 Å². The zero-order valence-electron chi connectivity index (χ0n) is 17.8. The van der Waals surface area contributed by atoms with Gasteiger partial charge in [0.2, 0.25) is 0 Å². The smallest absolute Gasteiger partial charge is 0.269 e. The highest BCUT2D eigenvalue weighted by atomic mass is 79.9. The van der Waals surface area contributed by atoms with Crippen LogP contribution in [-0.2, 0) is 13.1 Å². The molecule has 0 saturated heterocycles. The molecule has 0 unspecified atom stereocenters. The van der Waals surface area contributed by atoms with Crippen LogP contribution >= 0.6 is 15.9 Å². The van der Waals surface area contributed by atoms with E-state index in [0.717, 1.165) is 42.4 Å². The molecule has 0 radical (unpaired) electrons. The number of benzene rings is 2. The molecule has 2 aromatic carbocycles. The third-order valence-electron chi connectivity index (χ3n) is 6.12. The summed E-state index contributed by atoms with van der Waals surface area (Å²) in [5, 5.41) is 11.0. The van der Waals surface area contributed by atoms with Crippen LogP contribution in [0.5, 0.6) is 0 Å². The quantitative estimate of drug-likeness (QED) is 0.290. The Bertz CT molecular complexity index is 1070. The molecule has 7 heteroatoms. The van der Waals surface area contributed by atoms with Gasteiger partial charge in [0.25, 0.3) is 11.6 Å². The van der Waals surface area contributed by atoms with E-state index in [1.807, 2.05) is 29.3 Å². The first kappa shape index (κ1) is 22.3. The van der Waals surface area contributed by atoms with E-state index in [1.165, 1.54) is 24.1 Å². The van der Waals surface area contributed by atoms with Crippen LogP contribution in [0.4, 0.5) is 5.69 Å². The van der Waals surface area contributed by atoms with Gasteiger partial charge in [-0.1, -0.05) is 47.3 Å². The van der Waals surface area contributed by atoms with Crippen molar-refractivity contribution in [2.45, 2.75) is 51.2 Å². The van der Waals surface area contributed by atoms with Crippen molar-refractivity contribution in [3.8, 4) is 0 Å². The van der Waals surface area contributed by atoms with E-state index in [1.54, 1.807) is 12.1 Å². The molecule has 1 aliphatic rings. The van der Waals surface area contributed by atoms with Crippen LogP contribution in [0.15, 0.2) is 71.3 Å². The summed E-state index contributed by atoms with van der Waals surface area (Å²) in [6.45, 7) is 1.25. The Hall–Kier alpha value is -2.93. The summed E-state index contributed by atoms with van der Waals surface area (Å²) in [5.74, 6) is -0.0665. The lowest BCUT2D eigenvalue weighted by Crippen LogP contribution is -2.41. The number of nitrogens with zero attached hydrogens (tertiary/aromatic N) is 3. The minimum Gasteiger partial charge on any atom is -0.345 e. The number of hydrogen-bond donors (Lipinski definition) is 0. The number of nitro groups is 1. The predicted octanol–water partition coefficient (Wildman–Crippen LogP) is 6.18. The van der Waals surface area contributed by atoms with Gasteiger partial charge in [-0.2, -0.15) is 0 Å². The topological polar surface area (TPSA) is 68.4 Å². The minimum atomic E-state index is -0.442. The van der Waals surface area contributed by atoms with Crippen molar-refractivity contribution < 1.29 is 9.72 Å². The first-order valence-electron chi connectivity index (χ1n) is 10.9. The zero-order valence-corrected chi connectivity index (χ0v) is 19.4. The largest absolute Gasteiger partial charge is 0.345 e. The van der Waals surface area contributed by atoms with Crippen molar-refractivity contribution in [1.82, 2.24) is 9.47 Å². The molecular weight excluding hydrogens is 470 g/mol. The van der Waals surface area contributed by atoms with Crippen LogP contribution in [0, 0.1) is 10.1 Å². The molecule has 1 fully saturated rings. The van der Waals surface area contributed by atoms with Crippen LogP contribution in [0.1, 0.15) is 53.7 Å². The standard InChI is InChI=1S/C25H26BrN3O3/c26-21-12-8-19(9-13-21)17-27-16-4-7-24(27)18-28(22-5-2-1-3-6-22)25(30)20-10-14-23(15-11-20)29(31)32/h4,7-16,22H,1-3,5-6,17-18H2. The van der Waals surface area contributed by atoms with E-state index in [4.69, 9.17) is 0 Å². The summed E-state index contributed by atoms with van der Waals surface area (Å²) in [6.07, 6.45) is 7.48. The number of aromatic nitrogens is 1. The van der Waals surface area contributed by atoms with E-state index in [-0.39, 0.29) is 17.6 Å². The van der Waals surface area contributed by atoms with Crippen molar-refractivity contribution in [3.63, 3.8) is 0 Å². The fourth-order valence-corrected chi connectivity index (χ4v) is 4.62. The van der Waals surface area contributed by atoms with Gasteiger partial charge in [-0.15, -0.1) is 0 Å². The van der Waals surface area contributed by atoms with E-state index in [2.05, 4.69) is 38.7 Å². The van der Waals surface area contributed by atoms with Gasteiger partial charge in [-0.25, -0.2) is 0 Å². The normalized spacial score (nSPS) is 14.3. The molecule has 32 heavy (non-hydrogen) atoms. The Morgan fingerprint density at radius 3 is 2.38 bits per heavy atom. The maximum Gasteiger partial charge on any atom is 0.269 e. The summed E-state index contributed by atoms with van der Waals surface area (Å²) in [5.41, 5.74) is 2.76. The Morgan fingerprint density at radius 2 is 1.72 bits per heavy atom. The summed E-state index contributed by atoms with van der Waals surface area (Å²) in [4.78, 5) is 26.0. The van der Waals surface area contributed by atoms with Crippen molar-refractivity contribution in [2.24, 2.45) is 0 Å². The SMILES string of the molecule is O=C(c1ccc([N+](=O)[O-])cc1)N(Cc1cccn1Cc1ccc(Br)cc1)C1CCCCC1. The molecule has 1 aromatic heterocycles. The molecule has 1 heterocycles. The fourth-order valence-electron chi connectivity index (χ4n) is 4.36. The number of amides is 1. The summed E-state index contributed by atoms with van der Waals surface area (Å²) >= 11 is 3.48. The van der Waals surface area contributed by atoms with Crippen LogP contribution < -0.4 is 0 Å². The zero-order chi connectivity index (χ0) is 22.5. The lowest BCUT2D eigenvalue weighted by Gasteiger charge is -2.35. The van der Waals surface area contributed by atoms with Gasteiger partial charge in [-0.05, 0) is 54.8 Å². The number of nitro benzene ring substituents is 1. The average molecular weight is 496 g/mol. The van der Waals surface area contributed by atoms with E-state index in [9.17, 15) is 14.9 Å². The third-order valence-corrected chi connectivity index (χ3v) is 6.65. The van der Waals surface area contributed by atoms with Gasteiger partial charge < -0.3 is 9.47 Å². The molecule has 6 nitrogen and oxygen atoms in total. The first-order chi connectivity index (χ1) is 15.5. The molecule has 1 aliphatic carbocycles. The molecule has 0 N–H and O–H groups in total. The molecule has 0 bridgehead atoms. The van der Waals surface area contributed by atoms with Gasteiger partial charge in [0, 0.05) is 46.6 Å². The number of halogens is 1. The summed E-state index contributed by atoms with van der Waals surface area (Å²) in [6, 6.07) is 18.5. The van der Waals surface area contributed by atoms with E-state index < -0.39 is 4.92 Å². The lowest BCUT2D eigenvalue weighted by molar-refractivity contribution is -0.384. The molecule has 4 rings (SSSR count). The highest BCUT2D eigenvalue weighted by Gasteiger charge is 2.27. The van der Waals surface area contributed by atoms with E-state index >= 15 is 0 Å². The molecule has 1 saturated carbocycles. The molecule has 0 aliphatic heterocycles. The van der Waals surface area contributed by atoms with Crippen LogP contribution in [-0.4, -0.2) is 26.3 Å². The maximum absolute atomic E-state index is 13.5. The van der Waals surface area contributed by atoms with Crippen molar-refractivity contribution >= 4 is 27.5 Å². The molecule has 3 aromatic rings. The Balaban J connectivity index is 1.57. The van der Waals surface area contributed by atoms with Crippen LogP contribution in [0.2, 0.25) is 0 Å². The average Bonchev–Trinajstić information content (AvgIpc) is 3.25. The molecule has 0 spiro atoms. The molecule has 1 amide bonds. The van der Waals surface area contributed by atoms with Gasteiger partial charge in [0.15, 0.2) is 0 Å². The van der Waals surface area contributed by atoms with Crippen molar-refractivity contribution in [3.05, 3.63) is 98.3 Å². The summed E-state index contributed by atoms with van der Waals surface area (Å²) in [7, 11) is 0. The Kier molecular flexibility index (Phi) is 7.05. The van der Waals surface area contributed by atoms with Gasteiger partial charge >= 0.3 is 0 Å². The number of carbonyl (C=O) groups excluding carboxylic acids is 1. The number of hydrogen-bond acceptors (Lipinski definition) is 3. The molecular formula is C25H26BrN3O3. The minimum absolute atomic E-state index is 0.00543. The van der Waals surface area contributed by atoms with Gasteiger partial charge in [-0.3, -0.25) is 14.9 Å². The van der Waals surface area contributed by atoms with Crippen LogP contribution in [0.3, 0.4) is 0 Å². The second kappa shape index (κ2) is 10.1. The van der Waals surface area contributed by atoms with Crippen molar-refractivity contribution in [2.75, 3.05) is 0 Å². The second-order valence-corrected chi connectivity index (χ2v) is 9.20. The molecule has 0 atom stereocenters. The maximum atomic E-state index is 13.5. The second-order valence-electron chi connectivity index (χ2n) is 8.28. The predicted molar refractivity (Wildman–Crippen MR) is 128 cm³/mol. The highest BCUT2D eigenvalue weighted by molar-refractivity contribution is 9.10. The number of rotatable bonds is 7. The van der Waals surface area contributed by atoms with Crippen molar-refractivity contribution in [1.29, 1.82) is 0 Å². The van der Waals surface area contributed by atoms with Crippen LogP contribution in [0.25, 0.3) is 0 Å². The Labute approximate surface area is 196 Å². The third kappa shape index (κ3) is 5.27. The Morgan fingerprint density at radius 1 is 1.03 bits per heavy atom. The van der Waals surface area contributed by atoms with Gasteiger partial charge in [0.1, 0.15) is 0 Å². The van der Waals surface area contributed by atoms with Gasteiger partial charge in [0.05, 0.1) is 11.5 Å². The fraction of sp³-hybridized carbons (Fsp3) is 0.320. The molecule has 166 valence electrons. The highest BCUT2D eigenvalue weighted by Crippen LogP contribution is 2.27. The monoisotopic (exact) mass is 495 g/mol. The number of non-ortho nitro benzene ring substituents is 1. The number of carbonyl (C=O) groups is 1.